The molecule has 0 aromatic heterocycles. The minimum Gasteiger partial charge on any atom is -0.497 e. The monoisotopic (exact) mass is 365 g/mol. The quantitative estimate of drug-likeness (QED) is 0.649. The first-order valence-corrected chi connectivity index (χ1v) is 8.45. The zero-order chi connectivity index (χ0) is 14.8. The second-order valence-corrected chi connectivity index (χ2v) is 6.78. The Bertz CT molecular complexity index is 676. The van der Waals surface area contributed by atoms with E-state index in [1.54, 1.807) is 18.9 Å². The molecule has 0 atom stereocenters. The van der Waals surface area contributed by atoms with Gasteiger partial charge in [-0.15, -0.1) is 11.8 Å². The molecular weight excluding hydrogens is 350 g/mol. The van der Waals surface area contributed by atoms with Gasteiger partial charge in [0.25, 0.3) is 0 Å². The fourth-order valence-corrected chi connectivity index (χ4v) is 3.89. The van der Waals surface area contributed by atoms with E-state index in [1.807, 2.05) is 18.2 Å². The molecule has 2 N–H and O–H groups in total. The molecule has 2 aromatic carbocycles. The van der Waals surface area contributed by atoms with E-state index in [4.69, 9.17) is 15.2 Å². The van der Waals surface area contributed by atoms with Crippen LogP contribution in [0.3, 0.4) is 0 Å². The van der Waals surface area contributed by atoms with Crippen LogP contribution >= 0.6 is 27.7 Å². The molecule has 0 saturated heterocycles. The van der Waals surface area contributed by atoms with Crippen molar-refractivity contribution in [2.75, 3.05) is 19.5 Å². The van der Waals surface area contributed by atoms with Crippen molar-refractivity contribution in [3.05, 3.63) is 45.9 Å². The Kier molecular flexibility index (Phi) is 4.31. The van der Waals surface area contributed by atoms with Gasteiger partial charge in [-0.2, -0.15) is 0 Å². The van der Waals surface area contributed by atoms with E-state index < -0.39 is 0 Å². The van der Waals surface area contributed by atoms with Gasteiger partial charge in [-0.05, 0) is 35.9 Å². The fraction of sp³-hybridized carbons (Fsp3) is 0.250. The average molecular weight is 366 g/mol. The molecule has 0 spiro atoms. The Morgan fingerprint density at radius 3 is 3.00 bits per heavy atom. The highest BCUT2D eigenvalue weighted by Gasteiger charge is 2.17. The first-order chi connectivity index (χ1) is 10.2. The van der Waals surface area contributed by atoms with Crippen LogP contribution in [-0.2, 0) is 12.2 Å². The Morgan fingerprint density at radius 1 is 1.33 bits per heavy atom. The molecule has 0 radical (unpaired) electrons. The Morgan fingerprint density at radius 2 is 2.19 bits per heavy atom. The van der Waals surface area contributed by atoms with Crippen molar-refractivity contribution in [1.82, 2.24) is 0 Å². The van der Waals surface area contributed by atoms with Gasteiger partial charge in [0, 0.05) is 32.8 Å². The van der Waals surface area contributed by atoms with Gasteiger partial charge in [-0.3, -0.25) is 0 Å². The van der Waals surface area contributed by atoms with E-state index in [1.165, 1.54) is 11.1 Å². The predicted octanol–water partition coefficient (Wildman–Crippen LogP) is 4.27. The maximum atomic E-state index is 6.03. The Labute approximate surface area is 137 Å². The molecule has 21 heavy (non-hydrogen) atoms. The molecular formula is C16H16BrNO2S. The molecule has 110 valence electrons. The number of benzene rings is 2. The van der Waals surface area contributed by atoms with Crippen molar-refractivity contribution in [2.45, 2.75) is 17.1 Å². The molecule has 1 heterocycles. The van der Waals surface area contributed by atoms with E-state index in [0.717, 1.165) is 45.3 Å². The van der Waals surface area contributed by atoms with Gasteiger partial charge < -0.3 is 15.2 Å². The average Bonchev–Trinajstić information content (AvgIpc) is 2.94. The van der Waals surface area contributed by atoms with Crippen LogP contribution in [0.5, 0.6) is 11.5 Å². The van der Waals surface area contributed by atoms with E-state index in [-0.39, 0.29) is 0 Å². The number of fused-ring (bicyclic) bond motifs is 1. The number of ether oxygens (including phenoxy) is 2. The van der Waals surface area contributed by atoms with E-state index in [2.05, 4.69) is 28.1 Å². The van der Waals surface area contributed by atoms with Gasteiger partial charge in [0.05, 0.1) is 13.7 Å². The highest BCUT2D eigenvalue weighted by atomic mass is 79.9. The van der Waals surface area contributed by atoms with Crippen LogP contribution in [0.4, 0.5) is 5.69 Å². The summed E-state index contributed by atoms with van der Waals surface area (Å²) < 4.78 is 12.1. The lowest BCUT2D eigenvalue weighted by Gasteiger charge is -2.11. The van der Waals surface area contributed by atoms with Crippen LogP contribution < -0.4 is 15.2 Å². The topological polar surface area (TPSA) is 44.5 Å². The number of thioether (sulfide) groups is 1. The molecule has 0 aliphatic carbocycles. The summed E-state index contributed by atoms with van der Waals surface area (Å²) in [5.41, 5.74) is 9.28. The zero-order valence-corrected chi connectivity index (χ0v) is 14.1. The third kappa shape index (κ3) is 3.14. The number of rotatable bonds is 4. The fourth-order valence-electron chi connectivity index (χ4n) is 2.38. The Hall–Kier alpha value is -1.33. The van der Waals surface area contributed by atoms with E-state index >= 15 is 0 Å². The number of hydrogen-bond donors (Lipinski definition) is 1. The van der Waals surface area contributed by atoms with E-state index in [9.17, 15) is 0 Å². The molecule has 2 aromatic rings. The summed E-state index contributed by atoms with van der Waals surface area (Å²) in [4.78, 5) is 1.03. The smallest absolute Gasteiger partial charge is 0.126 e. The summed E-state index contributed by atoms with van der Waals surface area (Å²) in [5, 5.41) is 0. The van der Waals surface area contributed by atoms with Crippen molar-refractivity contribution in [3.8, 4) is 11.5 Å². The third-order valence-electron chi connectivity index (χ3n) is 3.43. The van der Waals surface area contributed by atoms with Crippen LogP contribution in [0.1, 0.15) is 11.1 Å². The number of nitrogens with two attached hydrogens (primary N) is 1. The summed E-state index contributed by atoms with van der Waals surface area (Å²) in [6.45, 7) is 0.769. The summed E-state index contributed by atoms with van der Waals surface area (Å²) in [7, 11) is 1.66. The van der Waals surface area contributed by atoms with Crippen LogP contribution in [-0.4, -0.2) is 13.7 Å². The van der Waals surface area contributed by atoms with Gasteiger partial charge in [-0.25, -0.2) is 0 Å². The number of halogens is 1. The first kappa shape index (κ1) is 14.6. The predicted molar refractivity (Wildman–Crippen MR) is 90.3 cm³/mol. The van der Waals surface area contributed by atoms with Gasteiger partial charge in [0.15, 0.2) is 0 Å². The van der Waals surface area contributed by atoms with Crippen LogP contribution in [0.15, 0.2) is 39.7 Å². The summed E-state index contributed by atoms with van der Waals surface area (Å²) in [6.07, 6.45) is 0.980. The molecule has 0 fully saturated rings. The molecule has 3 rings (SSSR count). The number of methoxy groups -OCH3 is 1. The van der Waals surface area contributed by atoms with Gasteiger partial charge >= 0.3 is 0 Å². The second-order valence-electron chi connectivity index (χ2n) is 4.84. The number of anilines is 1. The first-order valence-electron chi connectivity index (χ1n) is 6.68. The second kappa shape index (κ2) is 6.20. The van der Waals surface area contributed by atoms with Crippen molar-refractivity contribution in [2.24, 2.45) is 0 Å². The summed E-state index contributed by atoms with van der Waals surface area (Å²) in [6, 6.07) is 9.98. The Balaban J connectivity index is 1.82. The van der Waals surface area contributed by atoms with Crippen molar-refractivity contribution in [1.29, 1.82) is 0 Å². The number of nitrogen functional groups attached to an aromatic ring is 1. The standard InChI is InChI=1S/C16H16BrNO2S/c1-19-13-2-3-14(18)15(8-13)21-9-11-7-12(17)6-10-4-5-20-16(10)11/h2-3,6-8H,4-5,9,18H2,1H3. The lowest BCUT2D eigenvalue weighted by molar-refractivity contribution is 0.354. The molecule has 0 unspecified atom stereocenters. The molecule has 0 amide bonds. The lowest BCUT2D eigenvalue weighted by atomic mass is 10.1. The maximum Gasteiger partial charge on any atom is 0.126 e. The SMILES string of the molecule is COc1ccc(N)c(SCc2cc(Br)cc3c2OCC3)c1. The van der Waals surface area contributed by atoms with Gasteiger partial charge in [0.1, 0.15) is 11.5 Å². The zero-order valence-electron chi connectivity index (χ0n) is 11.7. The highest BCUT2D eigenvalue weighted by molar-refractivity contribution is 9.10. The van der Waals surface area contributed by atoms with Crippen molar-refractivity contribution >= 4 is 33.4 Å². The molecule has 0 saturated carbocycles. The van der Waals surface area contributed by atoms with Crippen LogP contribution in [0.25, 0.3) is 0 Å². The summed E-state index contributed by atoms with van der Waals surface area (Å²) >= 11 is 5.27. The van der Waals surface area contributed by atoms with Crippen molar-refractivity contribution in [3.63, 3.8) is 0 Å². The van der Waals surface area contributed by atoms with Crippen LogP contribution in [0.2, 0.25) is 0 Å². The highest BCUT2D eigenvalue weighted by Crippen LogP contribution is 2.38. The minimum absolute atomic E-state index is 0.769. The molecule has 0 bridgehead atoms. The van der Waals surface area contributed by atoms with Crippen LogP contribution in [0, 0.1) is 0 Å². The molecule has 5 heteroatoms. The van der Waals surface area contributed by atoms with Gasteiger partial charge in [-0.1, -0.05) is 15.9 Å². The van der Waals surface area contributed by atoms with Gasteiger partial charge in [0.2, 0.25) is 0 Å². The number of hydrogen-bond acceptors (Lipinski definition) is 4. The molecule has 1 aliphatic rings. The van der Waals surface area contributed by atoms with Crippen molar-refractivity contribution < 1.29 is 9.47 Å². The third-order valence-corrected chi connectivity index (χ3v) is 5.01. The molecule has 3 nitrogen and oxygen atoms in total. The largest absolute Gasteiger partial charge is 0.497 e. The maximum absolute atomic E-state index is 6.03. The normalized spacial score (nSPS) is 12.9. The molecule has 1 aliphatic heterocycles. The summed E-state index contributed by atoms with van der Waals surface area (Å²) in [5.74, 6) is 2.67. The minimum atomic E-state index is 0.769. The van der Waals surface area contributed by atoms with E-state index in [0.29, 0.717) is 0 Å². The lowest BCUT2D eigenvalue weighted by Crippen LogP contribution is -1.93.